The van der Waals surface area contributed by atoms with Crippen LogP contribution in [0.2, 0.25) is 10.0 Å². The lowest BCUT2D eigenvalue weighted by Crippen LogP contribution is -2.19. The van der Waals surface area contributed by atoms with Crippen LogP contribution in [0.3, 0.4) is 0 Å². The standard InChI is InChI=1S/C17H14Cl2N4O2/c18-12-4-6-14(7-5-12)21-17(24)22-15-9-20-23(10-15)11-25-16-3-1-2-13(19)8-16/h1-10H,11H2,(H2,21,22,24). The highest BCUT2D eigenvalue weighted by Gasteiger charge is 2.05. The fourth-order valence-corrected chi connectivity index (χ4v) is 2.33. The van der Waals surface area contributed by atoms with Gasteiger partial charge in [-0.1, -0.05) is 29.3 Å². The summed E-state index contributed by atoms with van der Waals surface area (Å²) in [6.07, 6.45) is 3.19. The fraction of sp³-hybridized carbons (Fsp3) is 0.0588. The molecule has 6 nitrogen and oxygen atoms in total. The molecular weight excluding hydrogens is 363 g/mol. The number of halogens is 2. The van der Waals surface area contributed by atoms with Gasteiger partial charge in [0.25, 0.3) is 0 Å². The number of rotatable bonds is 5. The number of aromatic nitrogens is 2. The Kier molecular flexibility index (Phi) is 5.42. The number of urea groups is 1. The molecule has 0 aliphatic carbocycles. The summed E-state index contributed by atoms with van der Waals surface area (Å²) in [7, 11) is 0. The van der Waals surface area contributed by atoms with Crippen LogP contribution in [-0.2, 0) is 6.73 Å². The van der Waals surface area contributed by atoms with E-state index in [0.717, 1.165) is 0 Å². The third kappa shape index (κ3) is 5.14. The van der Waals surface area contributed by atoms with Crippen LogP contribution in [0, 0.1) is 0 Å². The van der Waals surface area contributed by atoms with Crippen molar-refractivity contribution in [3.05, 3.63) is 71.0 Å². The molecular formula is C17H14Cl2N4O2. The van der Waals surface area contributed by atoms with Crippen molar-refractivity contribution in [3.8, 4) is 5.75 Å². The van der Waals surface area contributed by atoms with Crippen molar-refractivity contribution in [1.82, 2.24) is 9.78 Å². The zero-order valence-electron chi connectivity index (χ0n) is 12.9. The Labute approximate surface area is 154 Å². The quantitative estimate of drug-likeness (QED) is 0.667. The number of hydrogen-bond acceptors (Lipinski definition) is 3. The maximum absolute atomic E-state index is 12.0. The summed E-state index contributed by atoms with van der Waals surface area (Å²) in [5.41, 5.74) is 1.18. The molecule has 0 bridgehead atoms. The minimum atomic E-state index is -0.377. The van der Waals surface area contributed by atoms with Crippen LogP contribution in [0.25, 0.3) is 0 Å². The van der Waals surface area contributed by atoms with E-state index in [4.69, 9.17) is 27.9 Å². The molecule has 0 saturated carbocycles. The molecule has 0 aliphatic heterocycles. The molecule has 3 aromatic rings. The summed E-state index contributed by atoms with van der Waals surface area (Å²) in [5.74, 6) is 0.637. The largest absolute Gasteiger partial charge is 0.471 e. The molecule has 25 heavy (non-hydrogen) atoms. The van der Waals surface area contributed by atoms with Gasteiger partial charge < -0.3 is 15.4 Å². The Balaban J connectivity index is 1.52. The van der Waals surface area contributed by atoms with Crippen molar-refractivity contribution < 1.29 is 9.53 Å². The summed E-state index contributed by atoms with van der Waals surface area (Å²) < 4.78 is 7.13. The summed E-state index contributed by atoms with van der Waals surface area (Å²) in [4.78, 5) is 12.0. The summed E-state index contributed by atoms with van der Waals surface area (Å²) >= 11 is 11.7. The first-order valence-electron chi connectivity index (χ1n) is 7.33. The highest BCUT2D eigenvalue weighted by atomic mass is 35.5. The third-order valence-electron chi connectivity index (χ3n) is 3.15. The Morgan fingerprint density at radius 1 is 1.04 bits per heavy atom. The Morgan fingerprint density at radius 3 is 2.56 bits per heavy atom. The van der Waals surface area contributed by atoms with E-state index >= 15 is 0 Å². The van der Waals surface area contributed by atoms with Crippen LogP contribution >= 0.6 is 23.2 Å². The van der Waals surface area contributed by atoms with Gasteiger partial charge in [0.2, 0.25) is 0 Å². The average molecular weight is 377 g/mol. The third-order valence-corrected chi connectivity index (χ3v) is 3.64. The molecule has 0 unspecified atom stereocenters. The average Bonchev–Trinajstić information content (AvgIpc) is 3.02. The molecule has 128 valence electrons. The number of nitrogens with one attached hydrogen (secondary N) is 2. The van der Waals surface area contributed by atoms with E-state index in [-0.39, 0.29) is 12.8 Å². The van der Waals surface area contributed by atoms with Crippen LogP contribution in [0.5, 0.6) is 5.75 Å². The lowest BCUT2D eigenvalue weighted by Gasteiger charge is -2.07. The van der Waals surface area contributed by atoms with Gasteiger partial charge in [-0.25, -0.2) is 9.48 Å². The van der Waals surface area contributed by atoms with Gasteiger partial charge in [-0.15, -0.1) is 0 Å². The SMILES string of the molecule is O=C(Nc1ccc(Cl)cc1)Nc1cnn(COc2cccc(Cl)c2)c1. The molecule has 8 heteroatoms. The maximum Gasteiger partial charge on any atom is 0.323 e. The van der Waals surface area contributed by atoms with Gasteiger partial charge in [-0.3, -0.25) is 0 Å². The molecule has 3 rings (SSSR count). The van der Waals surface area contributed by atoms with Gasteiger partial charge in [0, 0.05) is 15.7 Å². The molecule has 0 spiro atoms. The normalized spacial score (nSPS) is 10.3. The molecule has 2 N–H and O–H groups in total. The van der Waals surface area contributed by atoms with Crippen molar-refractivity contribution >= 4 is 40.6 Å². The molecule has 2 aromatic carbocycles. The molecule has 1 heterocycles. The van der Waals surface area contributed by atoms with Crippen LogP contribution in [-0.4, -0.2) is 15.8 Å². The Hall–Kier alpha value is -2.70. The van der Waals surface area contributed by atoms with Crippen molar-refractivity contribution in [2.75, 3.05) is 10.6 Å². The molecule has 2 amide bonds. The first-order valence-corrected chi connectivity index (χ1v) is 8.08. The Bertz CT molecular complexity index is 865. The second kappa shape index (κ2) is 7.92. The van der Waals surface area contributed by atoms with Crippen LogP contribution < -0.4 is 15.4 Å². The van der Waals surface area contributed by atoms with Crippen molar-refractivity contribution in [1.29, 1.82) is 0 Å². The monoisotopic (exact) mass is 376 g/mol. The summed E-state index contributed by atoms with van der Waals surface area (Å²) in [5, 5.41) is 10.7. The lowest BCUT2D eigenvalue weighted by molar-refractivity contribution is 0.221. The predicted molar refractivity (Wildman–Crippen MR) is 98.4 cm³/mol. The predicted octanol–water partition coefficient (Wildman–Crippen LogP) is 4.87. The van der Waals surface area contributed by atoms with E-state index in [1.54, 1.807) is 59.4 Å². The number of amides is 2. The van der Waals surface area contributed by atoms with Crippen molar-refractivity contribution in [2.24, 2.45) is 0 Å². The second-order valence-electron chi connectivity index (χ2n) is 5.09. The molecule has 0 aliphatic rings. The molecule has 0 radical (unpaired) electrons. The summed E-state index contributed by atoms with van der Waals surface area (Å²) in [6, 6.07) is 13.5. The van der Waals surface area contributed by atoms with E-state index < -0.39 is 0 Å². The van der Waals surface area contributed by atoms with Crippen molar-refractivity contribution in [3.63, 3.8) is 0 Å². The number of ether oxygens (including phenoxy) is 1. The number of nitrogens with zero attached hydrogens (tertiary/aromatic N) is 2. The first-order chi connectivity index (χ1) is 12.1. The summed E-state index contributed by atoms with van der Waals surface area (Å²) in [6.45, 7) is 0.195. The van der Waals surface area contributed by atoms with Gasteiger partial charge in [0.1, 0.15) is 5.75 Å². The smallest absolute Gasteiger partial charge is 0.323 e. The molecule has 1 aromatic heterocycles. The van der Waals surface area contributed by atoms with Gasteiger partial charge in [0.15, 0.2) is 6.73 Å². The topological polar surface area (TPSA) is 68.2 Å². The van der Waals surface area contributed by atoms with Gasteiger partial charge in [-0.2, -0.15) is 5.10 Å². The molecule has 0 saturated heterocycles. The Morgan fingerprint density at radius 2 is 1.80 bits per heavy atom. The van der Waals surface area contributed by atoms with E-state index in [1.807, 2.05) is 0 Å². The number of benzene rings is 2. The second-order valence-corrected chi connectivity index (χ2v) is 5.96. The first kappa shape index (κ1) is 17.1. The van der Waals surface area contributed by atoms with Gasteiger partial charge in [0.05, 0.1) is 18.1 Å². The zero-order chi connectivity index (χ0) is 17.6. The molecule has 0 fully saturated rings. The van der Waals surface area contributed by atoms with Crippen LogP contribution in [0.1, 0.15) is 0 Å². The van der Waals surface area contributed by atoms with E-state index in [9.17, 15) is 4.79 Å². The van der Waals surface area contributed by atoms with Crippen LogP contribution in [0.4, 0.5) is 16.2 Å². The van der Waals surface area contributed by atoms with Crippen molar-refractivity contribution in [2.45, 2.75) is 6.73 Å². The number of anilines is 2. The van der Waals surface area contributed by atoms with Gasteiger partial charge in [-0.05, 0) is 42.5 Å². The zero-order valence-corrected chi connectivity index (χ0v) is 14.5. The number of carbonyl (C=O) groups is 1. The van der Waals surface area contributed by atoms with Gasteiger partial charge >= 0.3 is 6.03 Å². The van der Waals surface area contributed by atoms with E-state index in [1.165, 1.54) is 6.20 Å². The lowest BCUT2D eigenvalue weighted by atomic mass is 10.3. The van der Waals surface area contributed by atoms with Crippen LogP contribution in [0.15, 0.2) is 60.9 Å². The number of carbonyl (C=O) groups excluding carboxylic acids is 1. The minimum absolute atomic E-state index is 0.195. The minimum Gasteiger partial charge on any atom is -0.471 e. The highest BCUT2D eigenvalue weighted by molar-refractivity contribution is 6.31. The highest BCUT2D eigenvalue weighted by Crippen LogP contribution is 2.18. The van der Waals surface area contributed by atoms with E-state index in [0.29, 0.717) is 27.2 Å². The fourth-order valence-electron chi connectivity index (χ4n) is 2.02. The van der Waals surface area contributed by atoms with E-state index in [2.05, 4.69) is 15.7 Å². The number of hydrogen-bond donors (Lipinski definition) is 2. The molecule has 0 atom stereocenters. The maximum atomic E-state index is 12.0.